The van der Waals surface area contributed by atoms with Gasteiger partial charge in [-0.15, -0.1) is 11.8 Å². The molecule has 0 unspecified atom stereocenters. The predicted octanol–water partition coefficient (Wildman–Crippen LogP) is 3.40. The minimum Gasteiger partial charge on any atom is -0.493 e. The zero-order chi connectivity index (χ0) is 22.3. The van der Waals surface area contributed by atoms with Gasteiger partial charge in [-0.05, 0) is 43.3 Å². The number of hydrogen-bond acceptors (Lipinski definition) is 8. The lowest BCUT2D eigenvalue weighted by Gasteiger charge is -2.15. The third-order valence-corrected chi connectivity index (χ3v) is 5.17. The van der Waals surface area contributed by atoms with Crippen molar-refractivity contribution in [3.63, 3.8) is 0 Å². The normalized spacial score (nSPS) is 11.2. The Morgan fingerprint density at radius 1 is 0.833 bits per heavy atom. The largest absolute Gasteiger partial charge is 0.493 e. The van der Waals surface area contributed by atoms with Gasteiger partial charge in [0.2, 0.25) is 5.91 Å². The smallest absolute Gasteiger partial charge is 0.337 e. The van der Waals surface area contributed by atoms with Crippen molar-refractivity contribution >= 4 is 35.3 Å². The van der Waals surface area contributed by atoms with Crippen molar-refractivity contribution < 1.29 is 33.3 Å². The molecule has 2 aromatic carbocycles. The number of benzene rings is 2. The van der Waals surface area contributed by atoms with Gasteiger partial charge >= 0.3 is 11.9 Å². The molecule has 0 spiro atoms. The van der Waals surface area contributed by atoms with Crippen LogP contribution in [0.25, 0.3) is 0 Å². The van der Waals surface area contributed by atoms with Crippen molar-refractivity contribution in [3.8, 4) is 11.5 Å². The molecule has 2 rings (SSSR count). The highest BCUT2D eigenvalue weighted by atomic mass is 32.2. The molecule has 2 aromatic rings. The van der Waals surface area contributed by atoms with Crippen LogP contribution >= 0.6 is 11.8 Å². The zero-order valence-corrected chi connectivity index (χ0v) is 18.1. The topological polar surface area (TPSA) is 100 Å². The lowest BCUT2D eigenvalue weighted by molar-refractivity contribution is -0.115. The molecule has 160 valence electrons. The number of amides is 1. The van der Waals surface area contributed by atoms with E-state index in [9.17, 15) is 14.4 Å². The lowest BCUT2D eigenvalue weighted by Crippen LogP contribution is -2.23. The molecule has 8 nitrogen and oxygen atoms in total. The maximum Gasteiger partial charge on any atom is 0.337 e. The first-order chi connectivity index (χ1) is 14.3. The highest BCUT2D eigenvalue weighted by molar-refractivity contribution is 8.00. The molecule has 0 aliphatic heterocycles. The molecule has 0 aromatic heterocycles. The Hall–Kier alpha value is -3.20. The van der Waals surface area contributed by atoms with Crippen LogP contribution in [0.5, 0.6) is 11.5 Å². The third-order valence-electron chi connectivity index (χ3n) is 4.08. The fourth-order valence-electron chi connectivity index (χ4n) is 2.56. The number of nitrogens with one attached hydrogen (secondary N) is 1. The van der Waals surface area contributed by atoms with Gasteiger partial charge in [-0.25, -0.2) is 9.59 Å². The van der Waals surface area contributed by atoms with Gasteiger partial charge in [0.25, 0.3) is 0 Å². The van der Waals surface area contributed by atoms with E-state index < -0.39 is 17.2 Å². The Morgan fingerprint density at radius 3 is 1.90 bits per heavy atom. The van der Waals surface area contributed by atoms with Crippen LogP contribution in [0, 0.1) is 0 Å². The fourth-order valence-corrected chi connectivity index (χ4v) is 3.46. The SMILES string of the molecule is COC(=O)c1cc(NC(=O)[C@@H](C)Sc2ccc(OC)c(OC)c2)cc(C(=O)OC)c1. The van der Waals surface area contributed by atoms with E-state index in [-0.39, 0.29) is 22.7 Å². The van der Waals surface area contributed by atoms with Crippen LogP contribution in [-0.2, 0) is 14.3 Å². The van der Waals surface area contributed by atoms with E-state index in [0.717, 1.165) is 4.90 Å². The molecule has 0 aliphatic carbocycles. The first kappa shape index (κ1) is 23.1. The molecular weight excluding hydrogens is 410 g/mol. The van der Waals surface area contributed by atoms with Crippen molar-refractivity contribution in [2.45, 2.75) is 17.1 Å². The molecule has 0 fully saturated rings. The summed E-state index contributed by atoms with van der Waals surface area (Å²) >= 11 is 1.32. The number of methoxy groups -OCH3 is 4. The fraction of sp³-hybridized carbons (Fsp3) is 0.286. The van der Waals surface area contributed by atoms with Crippen LogP contribution in [0.15, 0.2) is 41.3 Å². The van der Waals surface area contributed by atoms with Gasteiger partial charge < -0.3 is 24.3 Å². The Labute approximate surface area is 178 Å². The van der Waals surface area contributed by atoms with Crippen molar-refractivity contribution in [3.05, 3.63) is 47.5 Å². The van der Waals surface area contributed by atoms with Gasteiger partial charge in [0.05, 0.1) is 44.8 Å². The number of thioether (sulfide) groups is 1. The van der Waals surface area contributed by atoms with Crippen LogP contribution in [0.4, 0.5) is 5.69 Å². The second-order valence-electron chi connectivity index (χ2n) is 6.05. The first-order valence-corrected chi connectivity index (χ1v) is 9.72. The summed E-state index contributed by atoms with van der Waals surface area (Å²) in [6.45, 7) is 1.74. The molecular formula is C21H23NO7S. The molecule has 1 N–H and O–H groups in total. The predicted molar refractivity (Wildman–Crippen MR) is 113 cm³/mol. The standard InChI is InChI=1S/C21H23NO7S/c1-12(30-16-6-7-17(26-2)18(11-16)27-3)19(23)22-15-9-13(20(24)28-4)8-14(10-15)21(25)29-5/h6-12H,1-5H3,(H,22,23)/t12-/m1/s1. The summed E-state index contributed by atoms with van der Waals surface area (Å²) in [5.41, 5.74) is 0.523. The molecule has 0 aliphatic rings. The number of anilines is 1. The molecule has 1 amide bonds. The highest BCUT2D eigenvalue weighted by Gasteiger charge is 2.19. The Morgan fingerprint density at radius 2 is 1.40 bits per heavy atom. The van der Waals surface area contributed by atoms with E-state index in [0.29, 0.717) is 11.5 Å². The van der Waals surface area contributed by atoms with Gasteiger partial charge in [0.15, 0.2) is 11.5 Å². The Kier molecular flexibility index (Phi) is 8.11. The Bertz CT molecular complexity index is 911. The summed E-state index contributed by atoms with van der Waals surface area (Å²) < 4.78 is 19.9. The average Bonchev–Trinajstić information content (AvgIpc) is 2.77. The number of esters is 2. The van der Waals surface area contributed by atoms with Crippen LogP contribution < -0.4 is 14.8 Å². The number of hydrogen-bond donors (Lipinski definition) is 1. The van der Waals surface area contributed by atoms with Crippen LogP contribution in [-0.4, -0.2) is 51.5 Å². The van der Waals surface area contributed by atoms with E-state index in [4.69, 9.17) is 18.9 Å². The summed E-state index contributed by atoms with van der Waals surface area (Å²) in [6, 6.07) is 9.57. The monoisotopic (exact) mass is 433 g/mol. The summed E-state index contributed by atoms with van der Waals surface area (Å²) in [4.78, 5) is 37.3. The van der Waals surface area contributed by atoms with Crippen molar-refractivity contribution in [2.75, 3.05) is 33.8 Å². The number of ether oxygens (including phenoxy) is 4. The minimum absolute atomic E-state index is 0.121. The maximum absolute atomic E-state index is 12.7. The molecule has 9 heteroatoms. The number of rotatable bonds is 8. The molecule has 0 heterocycles. The second kappa shape index (κ2) is 10.5. The van der Waals surface area contributed by atoms with Gasteiger partial charge in [-0.3, -0.25) is 4.79 Å². The van der Waals surface area contributed by atoms with Gasteiger partial charge in [-0.1, -0.05) is 0 Å². The van der Waals surface area contributed by atoms with E-state index in [1.807, 2.05) is 6.07 Å². The van der Waals surface area contributed by atoms with E-state index in [1.165, 1.54) is 51.3 Å². The zero-order valence-electron chi connectivity index (χ0n) is 17.3. The summed E-state index contributed by atoms with van der Waals surface area (Å²) in [6.07, 6.45) is 0. The van der Waals surface area contributed by atoms with E-state index in [2.05, 4.69) is 5.32 Å². The summed E-state index contributed by atoms with van der Waals surface area (Å²) in [7, 11) is 5.54. The average molecular weight is 433 g/mol. The summed E-state index contributed by atoms with van der Waals surface area (Å²) in [5, 5.41) is 2.24. The lowest BCUT2D eigenvalue weighted by atomic mass is 10.1. The molecule has 0 bridgehead atoms. The van der Waals surface area contributed by atoms with Crippen LogP contribution in [0.2, 0.25) is 0 Å². The van der Waals surface area contributed by atoms with Crippen LogP contribution in [0.3, 0.4) is 0 Å². The second-order valence-corrected chi connectivity index (χ2v) is 7.46. The van der Waals surface area contributed by atoms with Crippen molar-refractivity contribution in [2.24, 2.45) is 0 Å². The molecule has 30 heavy (non-hydrogen) atoms. The van der Waals surface area contributed by atoms with E-state index >= 15 is 0 Å². The molecule has 0 saturated carbocycles. The van der Waals surface area contributed by atoms with Gasteiger partial charge in [-0.2, -0.15) is 0 Å². The van der Waals surface area contributed by atoms with Crippen LogP contribution in [0.1, 0.15) is 27.6 Å². The third kappa shape index (κ3) is 5.66. The molecule has 0 saturated heterocycles. The molecule has 0 radical (unpaired) electrons. The quantitative estimate of drug-likeness (QED) is 0.499. The summed E-state index contributed by atoms with van der Waals surface area (Å²) in [5.74, 6) is -0.432. The van der Waals surface area contributed by atoms with Gasteiger partial charge in [0.1, 0.15) is 0 Å². The van der Waals surface area contributed by atoms with Crippen molar-refractivity contribution in [1.29, 1.82) is 0 Å². The van der Waals surface area contributed by atoms with E-state index in [1.54, 1.807) is 26.2 Å². The minimum atomic E-state index is -0.635. The van der Waals surface area contributed by atoms with Gasteiger partial charge in [0, 0.05) is 10.6 Å². The first-order valence-electron chi connectivity index (χ1n) is 8.84. The number of carbonyl (C=O) groups is 3. The number of carbonyl (C=O) groups excluding carboxylic acids is 3. The highest BCUT2D eigenvalue weighted by Crippen LogP contribution is 2.33. The Balaban J connectivity index is 2.19. The van der Waals surface area contributed by atoms with Crippen molar-refractivity contribution in [1.82, 2.24) is 0 Å². The molecule has 1 atom stereocenters. The maximum atomic E-state index is 12.7.